The van der Waals surface area contributed by atoms with Gasteiger partial charge in [0.1, 0.15) is 0 Å². The number of likely N-dealkylation sites (tertiary alicyclic amines) is 1. The van der Waals surface area contributed by atoms with Crippen LogP contribution >= 0.6 is 0 Å². The van der Waals surface area contributed by atoms with Crippen molar-refractivity contribution >= 4 is 0 Å². The lowest BCUT2D eigenvalue weighted by Gasteiger charge is -2.41. The molecule has 0 amide bonds. The molecule has 0 spiro atoms. The van der Waals surface area contributed by atoms with Gasteiger partial charge in [-0.15, -0.1) is 0 Å². The van der Waals surface area contributed by atoms with Crippen LogP contribution in [0.15, 0.2) is 0 Å². The van der Waals surface area contributed by atoms with E-state index in [-0.39, 0.29) is 0 Å². The number of hydrogen-bond acceptors (Lipinski definition) is 3. The van der Waals surface area contributed by atoms with Crippen LogP contribution in [0.3, 0.4) is 0 Å². The quantitative estimate of drug-likeness (QED) is 0.801. The Morgan fingerprint density at radius 2 is 2.05 bits per heavy atom. The topological polar surface area (TPSA) is 24.5 Å². The van der Waals surface area contributed by atoms with Crippen LogP contribution in [0.25, 0.3) is 0 Å². The van der Waals surface area contributed by atoms with E-state index in [1.807, 2.05) is 7.11 Å². The number of ether oxygens (including phenoxy) is 1. The Morgan fingerprint density at radius 3 is 2.68 bits per heavy atom. The zero-order valence-electron chi connectivity index (χ0n) is 13.0. The number of rotatable bonds is 6. The van der Waals surface area contributed by atoms with Crippen LogP contribution in [0.5, 0.6) is 0 Å². The van der Waals surface area contributed by atoms with E-state index in [9.17, 15) is 0 Å². The van der Waals surface area contributed by atoms with Gasteiger partial charge in [0.25, 0.3) is 0 Å². The third kappa shape index (κ3) is 3.93. The van der Waals surface area contributed by atoms with Gasteiger partial charge in [-0.1, -0.05) is 20.3 Å². The molecule has 0 aromatic rings. The summed E-state index contributed by atoms with van der Waals surface area (Å²) < 4.78 is 5.54. The molecule has 1 aliphatic carbocycles. The van der Waals surface area contributed by atoms with Crippen molar-refractivity contribution in [3.63, 3.8) is 0 Å². The third-order valence-corrected chi connectivity index (χ3v) is 5.14. The Hall–Kier alpha value is -0.120. The van der Waals surface area contributed by atoms with Crippen LogP contribution in [0.4, 0.5) is 0 Å². The van der Waals surface area contributed by atoms with Crippen molar-refractivity contribution < 1.29 is 4.74 Å². The number of hydrogen-bond donors (Lipinski definition) is 1. The number of nitrogens with zero attached hydrogens (tertiary/aromatic N) is 1. The highest BCUT2D eigenvalue weighted by molar-refractivity contribution is 4.94. The fourth-order valence-electron chi connectivity index (χ4n) is 3.82. The first-order chi connectivity index (χ1) is 9.28. The largest absolute Gasteiger partial charge is 0.380 e. The smallest absolute Gasteiger partial charge is 0.0710 e. The number of nitrogens with one attached hydrogen (secondary N) is 1. The predicted octanol–water partition coefficient (Wildman–Crippen LogP) is 2.65. The van der Waals surface area contributed by atoms with Gasteiger partial charge >= 0.3 is 0 Å². The fraction of sp³-hybridized carbons (Fsp3) is 1.00. The molecule has 2 aliphatic rings. The molecule has 1 heterocycles. The van der Waals surface area contributed by atoms with Crippen LogP contribution in [0.2, 0.25) is 0 Å². The average molecular weight is 268 g/mol. The molecule has 3 heteroatoms. The first kappa shape index (κ1) is 15.3. The molecule has 19 heavy (non-hydrogen) atoms. The molecule has 112 valence electrons. The van der Waals surface area contributed by atoms with Crippen LogP contribution in [0, 0.1) is 5.92 Å². The first-order valence-corrected chi connectivity index (χ1v) is 8.28. The van der Waals surface area contributed by atoms with Gasteiger partial charge in [0, 0.05) is 32.3 Å². The summed E-state index contributed by atoms with van der Waals surface area (Å²) in [5, 5.41) is 3.79. The van der Waals surface area contributed by atoms with Crippen LogP contribution in [0.1, 0.15) is 52.4 Å². The van der Waals surface area contributed by atoms with Gasteiger partial charge in [0.2, 0.25) is 0 Å². The summed E-state index contributed by atoms with van der Waals surface area (Å²) >= 11 is 0. The molecule has 0 radical (unpaired) electrons. The Labute approximate surface area is 119 Å². The van der Waals surface area contributed by atoms with Crippen molar-refractivity contribution in [1.29, 1.82) is 0 Å². The highest BCUT2D eigenvalue weighted by Gasteiger charge is 2.36. The summed E-state index contributed by atoms with van der Waals surface area (Å²) in [6, 6.07) is 1.45. The molecule has 1 saturated heterocycles. The molecule has 3 nitrogen and oxygen atoms in total. The molecule has 4 atom stereocenters. The lowest BCUT2D eigenvalue weighted by Crippen LogP contribution is -2.53. The van der Waals surface area contributed by atoms with E-state index in [0.717, 1.165) is 18.5 Å². The number of methoxy groups -OCH3 is 1. The maximum atomic E-state index is 5.54. The summed E-state index contributed by atoms with van der Waals surface area (Å²) in [7, 11) is 1.86. The zero-order valence-corrected chi connectivity index (χ0v) is 13.0. The lowest BCUT2D eigenvalue weighted by molar-refractivity contribution is 0.0768. The van der Waals surface area contributed by atoms with Gasteiger partial charge in [-0.2, -0.15) is 0 Å². The van der Waals surface area contributed by atoms with Crippen molar-refractivity contribution in [1.82, 2.24) is 10.2 Å². The van der Waals surface area contributed by atoms with E-state index in [0.29, 0.717) is 12.1 Å². The molecule has 1 saturated carbocycles. The maximum Gasteiger partial charge on any atom is 0.0710 e. The van der Waals surface area contributed by atoms with Gasteiger partial charge in [0.15, 0.2) is 0 Å². The maximum absolute atomic E-state index is 5.54. The van der Waals surface area contributed by atoms with Crippen molar-refractivity contribution in [3.8, 4) is 0 Å². The van der Waals surface area contributed by atoms with Gasteiger partial charge in [0.05, 0.1) is 6.10 Å². The minimum Gasteiger partial charge on any atom is -0.380 e. The summed E-state index contributed by atoms with van der Waals surface area (Å²) in [5.74, 6) is 0.936. The third-order valence-electron chi connectivity index (χ3n) is 5.14. The van der Waals surface area contributed by atoms with Crippen LogP contribution < -0.4 is 5.32 Å². The fourth-order valence-corrected chi connectivity index (χ4v) is 3.82. The van der Waals surface area contributed by atoms with E-state index >= 15 is 0 Å². The Kier molecular flexibility index (Phi) is 6.11. The molecule has 2 rings (SSSR count). The minimum atomic E-state index is 0.467. The predicted molar refractivity (Wildman–Crippen MR) is 80.5 cm³/mol. The van der Waals surface area contributed by atoms with Crippen molar-refractivity contribution in [2.75, 3.05) is 26.7 Å². The molecular weight excluding hydrogens is 236 g/mol. The van der Waals surface area contributed by atoms with Gasteiger partial charge in [-0.05, 0) is 44.6 Å². The second-order valence-electron chi connectivity index (χ2n) is 6.36. The van der Waals surface area contributed by atoms with E-state index in [2.05, 4.69) is 24.1 Å². The Balaban J connectivity index is 1.94. The summed E-state index contributed by atoms with van der Waals surface area (Å²) in [6.45, 7) is 8.14. The molecule has 2 fully saturated rings. The summed E-state index contributed by atoms with van der Waals surface area (Å²) in [4.78, 5) is 2.70. The van der Waals surface area contributed by atoms with Gasteiger partial charge in [-0.3, -0.25) is 4.90 Å². The van der Waals surface area contributed by atoms with E-state index < -0.39 is 0 Å². The lowest BCUT2D eigenvalue weighted by atomic mass is 9.80. The Morgan fingerprint density at radius 1 is 1.21 bits per heavy atom. The minimum absolute atomic E-state index is 0.467. The Bertz CT molecular complexity index is 257. The van der Waals surface area contributed by atoms with E-state index in [4.69, 9.17) is 4.74 Å². The van der Waals surface area contributed by atoms with Crippen LogP contribution in [-0.4, -0.2) is 49.8 Å². The molecule has 1 N–H and O–H groups in total. The van der Waals surface area contributed by atoms with Crippen molar-refractivity contribution in [3.05, 3.63) is 0 Å². The molecule has 0 aromatic heterocycles. The van der Waals surface area contributed by atoms with Crippen LogP contribution in [-0.2, 0) is 4.74 Å². The van der Waals surface area contributed by atoms with E-state index in [1.165, 1.54) is 51.6 Å². The molecule has 0 bridgehead atoms. The van der Waals surface area contributed by atoms with E-state index in [1.54, 1.807) is 0 Å². The standard InChI is InChI=1S/C16H32N2O/c1-4-9-17-15-7-6-13(5-2)11-16(15)18-10-8-14(12-18)19-3/h13-17H,4-12H2,1-3H3. The van der Waals surface area contributed by atoms with Crippen molar-refractivity contribution in [2.45, 2.75) is 70.6 Å². The van der Waals surface area contributed by atoms with Gasteiger partial charge in [-0.25, -0.2) is 0 Å². The normalized spacial score (nSPS) is 36.8. The summed E-state index contributed by atoms with van der Waals surface area (Å²) in [6.07, 6.45) is 8.42. The molecule has 4 unspecified atom stereocenters. The molecular formula is C16H32N2O. The summed E-state index contributed by atoms with van der Waals surface area (Å²) in [5.41, 5.74) is 0. The molecule has 1 aliphatic heterocycles. The SMILES string of the molecule is CCCNC1CCC(CC)CC1N1CCC(OC)C1. The highest BCUT2D eigenvalue weighted by atomic mass is 16.5. The first-order valence-electron chi connectivity index (χ1n) is 8.28. The highest BCUT2D eigenvalue weighted by Crippen LogP contribution is 2.32. The van der Waals surface area contributed by atoms with Gasteiger partial charge < -0.3 is 10.1 Å². The second-order valence-corrected chi connectivity index (χ2v) is 6.36. The molecule has 0 aromatic carbocycles. The zero-order chi connectivity index (χ0) is 13.7. The second kappa shape index (κ2) is 7.61. The monoisotopic (exact) mass is 268 g/mol. The van der Waals surface area contributed by atoms with Crippen molar-refractivity contribution in [2.24, 2.45) is 5.92 Å². The average Bonchev–Trinajstić information content (AvgIpc) is 2.93.